The maximum absolute atomic E-state index is 12.5. The predicted octanol–water partition coefficient (Wildman–Crippen LogP) is 2.54. The van der Waals surface area contributed by atoms with E-state index in [2.05, 4.69) is 31.5 Å². The lowest BCUT2D eigenvalue weighted by Crippen LogP contribution is -2.40. The molecule has 0 radical (unpaired) electrons. The summed E-state index contributed by atoms with van der Waals surface area (Å²) in [6.45, 7) is 3.45. The smallest absolute Gasteiger partial charge is 0.240 e. The Morgan fingerprint density at radius 1 is 1.26 bits per heavy atom. The summed E-state index contributed by atoms with van der Waals surface area (Å²) in [5.41, 5.74) is 0.845. The molecule has 1 fully saturated rings. The molecule has 5 nitrogen and oxygen atoms in total. The molecule has 1 aromatic rings. The fourth-order valence-electron chi connectivity index (χ4n) is 2.46. The normalized spacial score (nSPS) is 15.3. The first-order chi connectivity index (χ1) is 10.8. The number of amides is 2. The van der Waals surface area contributed by atoms with Crippen molar-refractivity contribution in [3.63, 3.8) is 0 Å². The average Bonchev–Trinajstić information content (AvgIpc) is 3.28. The van der Waals surface area contributed by atoms with Gasteiger partial charge < -0.3 is 15.5 Å². The molecule has 2 rings (SSSR count). The van der Waals surface area contributed by atoms with Crippen LogP contribution in [0, 0.1) is 12.3 Å². The van der Waals surface area contributed by atoms with Crippen LogP contribution < -0.4 is 10.6 Å². The molecule has 0 heterocycles. The summed E-state index contributed by atoms with van der Waals surface area (Å²) in [4.78, 5) is 26.9. The standard InChI is InChI=1S/C17H24BrN3O2/c1-12-11-13(18)5-6-14(12)20-16(23)17(7-8-17)15(22)19-9-4-10-21(2)3/h5-6,11H,4,7-10H2,1-3H3,(H,19,22)(H,20,23). The van der Waals surface area contributed by atoms with E-state index in [4.69, 9.17) is 0 Å². The molecule has 2 N–H and O–H groups in total. The van der Waals surface area contributed by atoms with E-state index in [9.17, 15) is 9.59 Å². The van der Waals surface area contributed by atoms with Crippen LogP contribution in [-0.2, 0) is 9.59 Å². The fraction of sp³-hybridized carbons (Fsp3) is 0.529. The minimum Gasteiger partial charge on any atom is -0.355 e. The quantitative estimate of drug-likeness (QED) is 0.563. The summed E-state index contributed by atoms with van der Waals surface area (Å²) in [7, 11) is 4.00. The van der Waals surface area contributed by atoms with Gasteiger partial charge in [-0.25, -0.2) is 0 Å². The van der Waals surface area contributed by atoms with Gasteiger partial charge in [-0.2, -0.15) is 0 Å². The minimum absolute atomic E-state index is 0.150. The van der Waals surface area contributed by atoms with Gasteiger partial charge in [-0.15, -0.1) is 0 Å². The molecule has 0 saturated heterocycles. The number of carbonyl (C=O) groups excluding carboxylic acids is 2. The van der Waals surface area contributed by atoms with Crippen LogP contribution in [0.1, 0.15) is 24.8 Å². The second kappa shape index (κ2) is 7.45. The first kappa shape index (κ1) is 17.9. The largest absolute Gasteiger partial charge is 0.355 e. The third-order valence-electron chi connectivity index (χ3n) is 4.12. The van der Waals surface area contributed by atoms with Crippen LogP contribution in [0.3, 0.4) is 0 Å². The van der Waals surface area contributed by atoms with Gasteiger partial charge in [0, 0.05) is 16.7 Å². The highest BCUT2D eigenvalue weighted by molar-refractivity contribution is 9.10. The highest BCUT2D eigenvalue weighted by Gasteiger charge is 2.56. The molecule has 6 heteroatoms. The van der Waals surface area contributed by atoms with Crippen molar-refractivity contribution in [2.45, 2.75) is 26.2 Å². The van der Waals surface area contributed by atoms with E-state index in [0.717, 1.165) is 28.7 Å². The molecule has 1 aliphatic rings. The van der Waals surface area contributed by atoms with Gasteiger partial charge in [0.05, 0.1) is 0 Å². The van der Waals surface area contributed by atoms with Gasteiger partial charge in [0.1, 0.15) is 5.41 Å². The van der Waals surface area contributed by atoms with Crippen LogP contribution in [-0.4, -0.2) is 43.9 Å². The number of carbonyl (C=O) groups is 2. The number of aryl methyl sites for hydroxylation is 1. The lowest BCUT2D eigenvalue weighted by atomic mass is 10.0. The molecule has 0 spiro atoms. The summed E-state index contributed by atoms with van der Waals surface area (Å²) in [5, 5.41) is 5.80. The van der Waals surface area contributed by atoms with Gasteiger partial charge >= 0.3 is 0 Å². The molecule has 0 atom stereocenters. The zero-order chi connectivity index (χ0) is 17.0. The Morgan fingerprint density at radius 2 is 1.96 bits per heavy atom. The molecular weight excluding hydrogens is 358 g/mol. The Labute approximate surface area is 145 Å². The number of rotatable bonds is 7. The van der Waals surface area contributed by atoms with Crippen molar-refractivity contribution in [1.82, 2.24) is 10.2 Å². The minimum atomic E-state index is -0.877. The number of benzene rings is 1. The second-order valence-corrected chi connectivity index (χ2v) is 7.32. The van der Waals surface area contributed by atoms with Gasteiger partial charge in [-0.3, -0.25) is 9.59 Å². The van der Waals surface area contributed by atoms with Crippen LogP contribution in [0.25, 0.3) is 0 Å². The molecule has 0 unspecified atom stereocenters. The Hall–Kier alpha value is -1.40. The van der Waals surface area contributed by atoms with Gasteiger partial charge in [-0.05, 0) is 70.6 Å². The molecule has 0 bridgehead atoms. The number of hydrogen-bond acceptors (Lipinski definition) is 3. The summed E-state index contributed by atoms with van der Waals surface area (Å²) in [6, 6.07) is 5.67. The zero-order valence-electron chi connectivity index (χ0n) is 13.9. The van der Waals surface area contributed by atoms with E-state index in [-0.39, 0.29) is 11.8 Å². The maximum atomic E-state index is 12.5. The summed E-state index contributed by atoms with van der Waals surface area (Å²) >= 11 is 3.40. The second-order valence-electron chi connectivity index (χ2n) is 6.41. The van der Waals surface area contributed by atoms with Crippen LogP contribution in [0.2, 0.25) is 0 Å². The lowest BCUT2D eigenvalue weighted by Gasteiger charge is -2.17. The third-order valence-corrected chi connectivity index (χ3v) is 4.62. The maximum Gasteiger partial charge on any atom is 0.240 e. The average molecular weight is 382 g/mol. The molecule has 0 aromatic heterocycles. The number of nitrogens with zero attached hydrogens (tertiary/aromatic N) is 1. The Morgan fingerprint density at radius 3 is 2.52 bits per heavy atom. The van der Waals surface area contributed by atoms with Crippen molar-refractivity contribution < 1.29 is 9.59 Å². The predicted molar refractivity (Wildman–Crippen MR) is 95.4 cm³/mol. The van der Waals surface area contributed by atoms with Gasteiger partial charge in [-0.1, -0.05) is 15.9 Å². The highest BCUT2D eigenvalue weighted by Crippen LogP contribution is 2.47. The Kier molecular flexibility index (Phi) is 5.81. The monoisotopic (exact) mass is 381 g/mol. The van der Waals surface area contributed by atoms with Crippen molar-refractivity contribution in [3.05, 3.63) is 28.2 Å². The number of halogens is 1. The molecule has 0 aliphatic heterocycles. The SMILES string of the molecule is Cc1cc(Br)ccc1NC(=O)C1(C(=O)NCCCN(C)C)CC1. The van der Waals surface area contributed by atoms with Gasteiger partial charge in [0.25, 0.3) is 0 Å². The Bertz CT molecular complexity index is 598. The molecule has 1 aliphatic carbocycles. The van der Waals surface area contributed by atoms with Crippen molar-refractivity contribution in [3.8, 4) is 0 Å². The van der Waals surface area contributed by atoms with Crippen LogP contribution in [0.4, 0.5) is 5.69 Å². The molecule has 23 heavy (non-hydrogen) atoms. The van der Waals surface area contributed by atoms with Crippen LogP contribution in [0.5, 0.6) is 0 Å². The highest BCUT2D eigenvalue weighted by atomic mass is 79.9. The topological polar surface area (TPSA) is 61.4 Å². The number of anilines is 1. The van der Waals surface area contributed by atoms with Crippen LogP contribution >= 0.6 is 15.9 Å². The number of nitrogens with one attached hydrogen (secondary N) is 2. The van der Waals surface area contributed by atoms with Crippen molar-refractivity contribution >= 4 is 33.4 Å². The van der Waals surface area contributed by atoms with E-state index in [1.54, 1.807) is 0 Å². The van der Waals surface area contributed by atoms with E-state index in [1.807, 2.05) is 39.2 Å². The molecule has 126 valence electrons. The Balaban J connectivity index is 1.91. The van der Waals surface area contributed by atoms with Crippen molar-refractivity contribution in [2.24, 2.45) is 5.41 Å². The van der Waals surface area contributed by atoms with Crippen molar-refractivity contribution in [1.29, 1.82) is 0 Å². The summed E-state index contributed by atoms with van der Waals surface area (Å²) in [5.74, 6) is -0.350. The first-order valence-corrected chi connectivity index (χ1v) is 8.65. The molecule has 2 amide bonds. The van der Waals surface area contributed by atoms with Crippen molar-refractivity contribution in [2.75, 3.05) is 32.5 Å². The van der Waals surface area contributed by atoms with E-state index in [0.29, 0.717) is 19.4 Å². The zero-order valence-corrected chi connectivity index (χ0v) is 15.5. The fourth-order valence-corrected chi connectivity index (χ4v) is 2.93. The molecule has 1 aromatic carbocycles. The number of hydrogen-bond donors (Lipinski definition) is 2. The summed E-state index contributed by atoms with van der Waals surface area (Å²) < 4.78 is 0.966. The van der Waals surface area contributed by atoms with E-state index < -0.39 is 5.41 Å². The van der Waals surface area contributed by atoms with Gasteiger partial charge in [0.15, 0.2) is 0 Å². The van der Waals surface area contributed by atoms with Gasteiger partial charge in [0.2, 0.25) is 11.8 Å². The van der Waals surface area contributed by atoms with E-state index >= 15 is 0 Å². The van der Waals surface area contributed by atoms with Crippen LogP contribution in [0.15, 0.2) is 22.7 Å². The summed E-state index contributed by atoms with van der Waals surface area (Å²) in [6.07, 6.45) is 2.12. The third kappa shape index (κ3) is 4.54. The molecule has 1 saturated carbocycles. The molecular formula is C17H24BrN3O2. The lowest BCUT2D eigenvalue weighted by molar-refractivity contribution is -0.134. The van der Waals surface area contributed by atoms with E-state index in [1.165, 1.54) is 0 Å². The first-order valence-electron chi connectivity index (χ1n) is 7.86.